The van der Waals surface area contributed by atoms with E-state index in [0.717, 1.165) is 37.7 Å². The van der Waals surface area contributed by atoms with Crippen molar-refractivity contribution in [3.05, 3.63) is 72.3 Å². The molecule has 0 aliphatic carbocycles. The number of benzene rings is 2. The summed E-state index contributed by atoms with van der Waals surface area (Å²) in [5.41, 5.74) is 2.81. The van der Waals surface area contributed by atoms with Crippen molar-refractivity contribution in [1.29, 1.82) is 0 Å². The smallest absolute Gasteiger partial charge is 0.135 e. The van der Waals surface area contributed by atoms with Crippen LogP contribution in [0.4, 0.5) is 27.4 Å². The first kappa shape index (κ1) is 19.1. The molecule has 29 heavy (non-hydrogen) atoms. The number of nitrogens with one attached hydrogen (secondary N) is 2. The molecule has 6 nitrogen and oxygen atoms in total. The van der Waals surface area contributed by atoms with Gasteiger partial charge in [-0.05, 0) is 30.2 Å². The molecule has 0 bridgehead atoms. The Morgan fingerprint density at radius 3 is 2.59 bits per heavy atom. The lowest BCUT2D eigenvalue weighted by atomic mass is 10.1. The highest BCUT2D eigenvalue weighted by Crippen LogP contribution is 2.29. The van der Waals surface area contributed by atoms with Crippen molar-refractivity contribution in [2.75, 3.05) is 48.4 Å². The number of hydrogen-bond donors (Lipinski definition) is 2. The number of morpholine rings is 1. The minimum Gasteiger partial charge on any atom is -0.378 e. The highest BCUT2D eigenvalue weighted by atomic mass is 19.1. The molecule has 0 spiro atoms. The van der Waals surface area contributed by atoms with Gasteiger partial charge in [0.1, 0.15) is 23.8 Å². The molecule has 4 rings (SSSR count). The lowest BCUT2D eigenvalue weighted by molar-refractivity contribution is 0.123. The summed E-state index contributed by atoms with van der Waals surface area (Å²) >= 11 is 0. The number of rotatable bonds is 7. The molecule has 0 atom stereocenters. The fourth-order valence-corrected chi connectivity index (χ4v) is 3.35. The third kappa shape index (κ3) is 5.00. The van der Waals surface area contributed by atoms with Crippen LogP contribution in [0.15, 0.2) is 60.9 Å². The van der Waals surface area contributed by atoms with Gasteiger partial charge in [-0.15, -0.1) is 0 Å². The van der Waals surface area contributed by atoms with E-state index in [9.17, 15) is 4.39 Å². The van der Waals surface area contributed by atoms with Gasteiger partial charge in [-0.2, -0.15) is 0 Å². The summed E-state index contributed by atoms with van der Waals surface area (Å²) in [6.07, 6.45) is 2.10. The van der Waals surface area contributed by atoms with Crippen LogP contribution in [0.5, 0.6) is 0 Å². The molecule has 1 aliphatic heterocycles. The van der Waals surface area contributed by atoms with Gasteiger partial charge in [0.05, 0.1) is 24.6 Å². The van der Waals surface area contributed by atoms with Crippen LogP contribution >= 0.6 is 0 Å². The Kier molecular flexibility index (Phi) is 6.16. The van der Waals surface area contributed by atoms with Gasteiger partial charge in [0.15, 0.2) is 0 Å². The lowest BCUT2D eigenvalue weighted by Crippen LogP contribution is -2.36. The summed E-state index contributed by atoms with van der Waals surface area (Å²) in [7, 11) is 0. The molecule has 7 heteroatoms. The van der Waals surface area contributed by atoms with Crippen LogP contribution < -0.4 is 15.5 Å². The van der Waals surface area contributed by atoms with Crippen molar-refractivity contribution >= 4 is 23.0 Å². The lowest BCUT2D eigenvalue weighted by Gasteiger charge is -2.30. The summed E-state index contributed by atoms with van der Waals surface area (Å²) in [5, 5.41) is 6.63. The van der Waals surface area contributed by atoms with Gasteiger partial charge in [-0.25, -0.2) is 14.4 Å². The molecule has 1 saturated heterocycles. The van der Waals surface area contributed by atoms with Gasteiger partial charge in [-0.3, -0.25) is 0 Å². The summed E-state index contributed by atoms with van der Waals surface area (Å²) in [6, 6.07) is 16.9. The van der Waals surface area contributed by atoms with Crippen molar-refractivity contribution < 1.29 is 9.13 Å². The Morgan fingerprint density at radius 1 is 0.966 bits per heavy atom. The fraction of sp³-hybridized carbons (Fsp3) is 0.273. The van der Waals surface area contributed by atoms with Crippen LogP contribution in [-0.4, -0.2) is 42.8 Å². The maximum Gasteiger partial charge on any atom is 0.135 e. The van der Waals surface area contributed by atoms with Gasteiger partial charge < -0.3 is 20.3 Å². The van der Waals surface area contributed by atoms with Crippen LogP contribution in [0, 0.1) is 5.82 Å². The molecule has 0 radical (unpaired) electrons. The largest absolute Gasteiger partial charge is 0.378 e. The molecular weight excluding hydrogens is 369 g/mol. The summed E-state index contributed by atoms with van der Waals surface area (Å²) < 4.78 is 19.2. The van der Waals surface area contributed by atoms with Gasteiger partial charge in [-0.1, -0.05) is 30.3 Å². The molecule has 1 fully saturated rings. The predicted molar refractivity (Wildman–Crippen MR) is 113 cm³/mol. The van der Waals surface area contributed by atoms with E-state index < -0.39 is 0 Å². The van der Waals surface area contributed by atoms with Crippen LogP contribution in [0.3, 0.4) is 0 Å². The molecule has 2 aromatic carbocycles. The third-order valence-corrected chi connectivity index (χ3v) is 4.84. The molecule has 1 aromatic heterocycles. The molecule has 2 heterocycles. The Labute approximate surface area is 169 Å². The topological polar surface area (TPSA) is 62.3 Å². The van der Waals surface area contributed by atoms with Crippen molar-refractivity contribution in [1.82, 2.24) is 9.97 Å². The normalized spacial score (nSPS) is 13.9. The van der Waals surface area contributed by atoms with Crippen LogP contribution in [0.25, 0.3) is 0 Å². The molecule has 0 unspecified atom stereocenters. The average Bonchev–Trinajstić information content (AvgIpc) is 2.76. The highest BCUT2D eigenvalue weighted by molar-refractivity contribution is 5.74. The number of hydrogen-bond acceptors (Lipinski definition) is 6. The van der Waals surface area contributed by atoms with Crippen LogP contribution in [-0.2, 0) is 11.2 Å². The third-order valence-electron chi connectivity index (χ3n) is 4.84. The molecule has 0 saturated carbocycles. The van der Waals surface area contributed by atoms with E-state index in [1.54, 1.807) is 12.1 Å². The molecule has 3 aromatic rings. The fourth-order valence-electron chi connectivity index (χ4n) is 3.35. The first-order valence-corrected chi connectivity index (χ1v) is 9.78. The maximum atomic E-state index is 13.7. The van der Waals surface area contributed by atoms with E-state index in [1.807, 2.05) is 30.3 Å². The van der Waals surface area contributed by atoms with Crippen molar-refractivity contribution in [2.45, 2.75) is 6.42 Å². The Balaban J connectivity index is 1.41. The van der Waals surface area contributed by atoms with Crippen molar-refractivity contribution in [3.63, 3.8) is 0 Å². The molecule has 0 amide bonds. The summed E-state index contributed by atoms with van der Waals surface area (Å²) in [4.78, 5) is 10.9. The highest BCUT2D eigenvalue weighted by Gasteiger charge is 2.14. The number of para-hydroxylation sites is 2. The monoisotopic (exact) mass is 393 g/mol. The zero-order valence-electron chi connectivity index (χ0n) is 16.1. The second-order valence-electron chi connectivity index (χ2n) is 6.80. The predicted octanol–water partition coefficient (Wildman–Crippen LogP) is 3.85. The van der Waals surface area contributed by atoms with Gasteiger partial charge >= 0.3 is 0 Å². The summed E-state index contributed by atoms with van der Waals surface area (Å²) in [5.74, 6) is 1.22. The van der Waals surface area contributed by atoms with Crippen molar-refractivity contribution in [3.8, 4) is 0 Å². The SMILES string of the molecule is Fc1ccccc1CCNc1cc(Nc2ccccc2N2CCOCC2)ncn1. The van der Waals surface area contributed by atoms with Gasteiger partial charge in [0.2, 0.25) is 0 Å². The Hall–Kier alpha value is -3.19. The van der Waals surface area contributed by atoms with Gasteiger partial charge in [0.25, 0.3) is 0 Å². The number of nitrogens with zero attached hydrogens (tertiary/aromatic N) is 3. The van der Waals surface area contributed by atoms with E-state index in [0.29, 0.717) is 30.2 Å². The van der Waals surface area contributed by atoms with Gasteiger partial charge in [0, 0.05) is 25.7 Å². The molecule has 2 N–H and O–H groups in total. The number of anilines is 4. The number of ether oxygens (including phenoxy) is 1. The first-order valence-electron chi connectivity index (χ1n) is 9.78. The maximum absolute atomic E-state index is 13.7. The van der Waals surface area contributed by atoms with E-state index in [2.05, 4.69) is 31.6 Å². The number of aromatic nitrogens is 2. The minimum absolute atomic E-state index is 0.181. The standard InChI is InChI=1S/C22H24FN5O/c23-18-6-2-1-5-17(18)9-10-24-21-15-22(26-16-25-21)27-19-7-3-4-8-20(19)28-11-13-29-14-12-28/h1-8,15-16H,9-14H2,(H2,24,25,26,27). The quantitative estimate of drug-likeness (QED) is 0.636. The molecule has 1 aliphatic rings. The van der Waals surface area contributed by atoms with Crippen LogP contribution in [0.2, 0.25) is 0 Å². The second-order valence-corrected chi connectivity index (χ2v) is 6.80. The molecular formula is C22H24FN5O. The van der Waals surface area contributed by atoms with E-state index in [4.69, 9.17) is 4.74 Å². The van der Waals surface area contributed by atoms with E-state index >= 15 is 0 Å². The minimum atomic E-state index is -0.181. The van der Waals surface area contributed by atoms with E-state index in [-0.39, 0.29) is 5.82 Å². The van der Waals surface area contributed by atoms with Crippen molar-refractivity contribution in [2.24, 2.45) is 0 Å². The zero-order chi connectivity index (χ0) is 19.9. The Bertz CT molecular complexity index is 946. The van der Waals surface area contributed by atoms with Crippen LogP contribution in [0.1, 0.15) is 5.56 Å². The molecule has 150 valence electrons. The zero-order valence-corrected chi connectivity index (χ0v) is 16.1. The second kappa shape index (κ2) is 9.34. The average molecular weight is 393 g/mol. The Morgan fingerprint density at radius 2 is 1.72 bits per heavy atom. The van der Waals surface area contributed by atoms with E-state index in [1.165, 1.54) is 12.4 Å². The summed E-state index contributed by atoms with van der Waals surface area (Å²) in [6.45, 7) is 3.79. The number of halogens is 1. The first-order chi connectivity index (χ1) is 14.3.